The smallest absolute Gasteiger partial charge is 0.343 e. The molecule has 1 saturated carbocycles. The molecule has 55 heavy (non-hydrogen) atoms. The van der Waals surface area contributed by atoms with Gasteiger partial charge in [-0.3, -0.25) is 9.59 Å². The summed E-state index contributed by atoms with van der Waals surface area (Å²) in [6.07, 6.45) is 2.58. The highest BCUT2D eigenvalue weighted by atomic mass is 35.5. The summed E-state index contributed by atoms with van der Waals surface area (Å²) >= 11 is 6.82. The van der Waals surface area contributed by atoms with Crippen LogP contribution in [0.3, 0.4) is 0 Å². The maximum Gasteiger partial charge on any atom is 0.343 e. The van der Waals surface area contributed by atoms with E-state index < -0.39 is 31.5 Å². The van der Waals surface area contributed by atoms with Crippen molar-refractivity contribution in [3.63, 3.8) is 0 Å². The predicted octanol–water partition coefficient (Wildman–Crippen LogP) is 6.25. The number of rotatable bonds is 7. The Morgan fingerprint density at radius 3 is 2.29 bits per heavy atom. The Balaban J connectivity index is 1.16. The van der Waals surface area contributed by atoms with E-state index in [-0.39, 0.29) is 47.2 Å². The molecule has 2 aliphatic heterocycles. The first-order valence-electron chi connectivity index (χ1n) is 19.2. The Morgan fingerprint density at radius 2 is 1.69 bits per heavy atom. The number of pyridine rings is 2. The summed E-state index contributed by atoms with van der Waals surface area (Å²) in [4.78, 5) is 47.0. The molecule has 282 valence electrons. The van der Waals surface area contributed by atoms with E-state index in [1.165, 1.54) is 0 Å². The maximum atomic E-state index is 14.9. The van der Waals surface area contributed by atoms with Crippen molar-refractivity contribution >= 4 is 53.1 Å². The molecule has 1 amide bonds. The van der Waals surface area contributed by atoms with Crippen LogP contribution < -0.4 is 21.2 Å². The summed E-state index contributed by atoms with van der Waals surface area (Å²) in [6, 6.07) is 24.0. The normalized spacial score (nSPS) is 20.7. The molecule has 0 bridgehead atoms. The molecule has 1 fully saturated rings. The number of halogens is 1. The van der Waals surface area contributed by atoms with Gasteiger partial charge in [-0.1, -0.05) is 100.0 Å². The summed E-state index contributed by atoms with van der Waals surface area (Å²) < 4.78 is 14.5. The molecule has 0 radical (unpaired) electrons. The summed E-state index contributed by atoms with van der Waals surface area (Å²) in [7, 11) is -3.05. The molecule has 9 nitrogen and oxygen atoms in total. The molecule has 4 heterocycles. The molecule has 2 atom stereocenters. The molecule has 4 aliphatic rings. The summed E-state index contributed by atoms with van der Waals surface area (Å²) in [5.74, 6) is -0.902. The van der Waals surface area contributed by atoms with Gasteiger partial charge in [0.2, 0.25) is 0 Å². The minimum Gasteiger partial charge on any atom is -0.458 e. The molecular weight excluding hydrogens is 730 g/mol. The highest BCUT2D eigenvalue weighted by Gasteiger charge is 2.61. The number of benzene rings is 3. The van der Waals surface area contributed by atoms with Crippen LogP contribution in [0, 0.1) is 6.92 Å². The van der Waals surface area contributed by atoms with Crippen LogP contribution in [0.1, 0.15) is 92.8 Å². The molecule has 9 rings (SSSR count). The summed E-state index contributed by atoms with van der Waals surface area (Å²) in [5, 5.41) is 18.4. The van der Waals surface area contributed by atoms with Crippen molar-refractivity contribution in [3.05, 3.63) is 122 Å². The number of nitrogens with one attached hydrogen (secondary N) is 1. The standard InChI is InChI=1S/C44H44ClN3O6Si/c1-6-44(52)31-21-35-38-29(23-48(35)39(49)30(31)24-53-41(44)51)37-33(18-17-28-25(2)32(45)22-34(46-38)36(28)37)47-40(50)43(19-20-43)54-55(42(3,4)5,26-13-9-7-10-14-26)27-15-11-8-12-16-27/h7-16,21-22,33,52H,6,17-20,23-24H2,1-5H3,(H,47,50)/t33-,44+/m1/s1. The first kappa shape index (κ1) is 36.1. The molecule has 0 saturated heterocycles. The second-order valence-corrected chi connectivity index (χ2v) is 21.3. The Labute approximate surface area is 325 Å². The zero-order valence-corrected chi connectivity index (χ0v) is 33.5. The first-order chi connectivity index (χ1) is 26.2. The van der Waals surface area contributed by atoms with Crippen molar-refractivity contribution in [3.8, 4) is 11.4 Å². The Bertz CT molecular complexity index is 2470. The second-order valence-electron chi connectivity index (χ2n) is 16.6. The van der Waals surface area contributed by atoms with Crippen LogP contribution >= 0.6 is 11.6 Å². The van der Waals surface area contributed by atoms with Crippen LogP contribution in [0.4, 0.5) is 0 Å². The lowest BCUT2D eigenvalue weighted by Crippen LogP contribution is -2.69. The topological polar surface area (TPSA) is 120 Å². The molecule has 11 heteroatoms. The molecular formula is C44H44ClN3O6Si. The van der Waals surface area contributed by atoms with Crippen LogP contribution in [0.2, 0.25) is 10.1 Å². The average molecular weight is 774 g/mol. The number of aliphatic hydroxyl groups is 1. The molecule has 0 spiro atoms. The van der Waals surface area contributed by atoms with E-state index in [1.54, 1.807) is 17.6 Å². The third kappa shape index (κ3) is 5.18. The van der Waals surface area contributed by atoms with Gasteiger partial charge in [0.05, 0.1) is 35.1 Å². The minimum atomic E-state index is -3.05. The molecule has 2 aromatic heterocycles. The van der Waals surface area contributed by atoms with Crippen molar-refractivity contribution in [1.29, 1.82) is 0 Å². The predicted molar refractivity (Wildman–Crippen MR) is 214 cm³/mol. The zero-order valence-electron chi connectivity index (χ0n) is 31.7. The number of hydrogen-bond acceptors (Lipinski definition) is 7. The van der Waals surface area contributed by atoms with Crippen LogP contribution in [-0.2, 0) is 43.9 Å². The monoisotopic (exact) mass is 773 g/mol. The van der Waals surface area contributed by atoms with E-state index in [9.17, 15) is 19.5 Å². The van der Waals surface area contributed by atoms with Gasteiger partial charge >= 0.3 is 5.97 Å². The quantitative estimate of drug-likeness (QED) is 0.145. The van der Waals surface area contributed by atoms with Crippen LogP contribution in [-0.4, -0.2) is 40.5 Å². The fourth-order valence-electron chi connectivity index (χ4n) is 9.42. The average Bonchev–Trinajstić information content (AvgIpc) is 3.88. The number of hydrogen-bond donors (Lipinski definition) is 2. The summed E-state index contributed by atoms with van der Waals surface area (Å²) in [5.41, 5.74) is 2.84. The third-order valence-corrected chi connectivity index (χ3v) is 18.1. The van der Waals surface area contributed by atoms with Crippen LogP contribution in [0.15, 0.2) is 77.6 Å². The van der Waals surface area contributed by atoms with E-state index in [1.807, 2.05) is 49.4 Å². The zero-order chi connectivity index (χ0) is 38.7. The van der Waals surface area contributed by atoms with E-state index >= 15 is 0 Å². The Hall–Kier alpha value is -4.61. The SMILES string of the molecule is CC[C@@]1(O)C(=O)OCc2c1cc1n(c2=O)Cc2c-1nc1cc(Cl)c(C)c3c1c2[C@H](NC(=O)C1(O[Si](c2ccccc2)(c2ccccc2)C(C)(C)C)CC1)CC3. The maximum absolute atomic E-state index is 14.9. The van der Waals surface area contributed by atoms with E-state index in [0.29, 0.717) is 47.6 Å². The number of ether oxygens (including phenoxy) is 1. The number of nitrogens with zero attached hydrogens (tertiary/aromatic N) is 2. The third-order valence-electron chi connectivity index (χ3n) is 12.6. The van der Waals surface area contributed by atoms with Crippen molar-refractivity contribution in [2.45, 2.75) is 102 Å². The number of esters is 1. The lowest BCUT2D eigenvalue weighted by Gasteiger charge is -2.45. The van der Waals surface area contributed by atoms with Crippen molar-refractivity contribution in [1.82, 2.24) is 14.9 Å². The molecule has 0 unspecified atom stereocenters. The molecule has 5 aromatic rings. The van der Waals surface area contributed by atoms with Gasteiger partial charge in [-0.15, -0.1) is 0 Å². The summed E-state index contributed by atoms with van der Waals surface area (Å²) in [6.45, 7) is 10.4. The van der Waals surface area contributed by atoms with E-state index in [4.69, 9.17) is 25.7 Å². The van der Waals surface area contributed by atoms with Crippen molar-refractivity contribution < 1.29 is 23.9 Å². The van der Waals surface area contributed by atoms with Gasteiger partial charge in [0, 0.05) is 21.5 Å². The van der Waals surface area contributed by atoms with Crippen molar-refractivity contribution in [2.75, 3.05) is 0 Å². The number of carbonyl (C=O) groups excluding carboxylic acids is 2. The highest BCUT2D eigenvalue weighted by Crippen LogP contribution is 2.50. The van der Waals surface area contributed by atoms with Gasteiger partial charge in [0.1, 0.15) is 12.2 Å². The van der Waals surface area contributed by atoms with Gasteiger partial charge in [0.25, 0.3) is 19.8 Å². The number of aromatic nitrogens is 2. The van der Waals surface area contributed by atoms with Gasteiger partial charge in [-0.2, -0.15) is 0 Å². The van der Waals surface area contributed by atoms with Crippen LogP contribution in [0.5, 0.6) is 0 Å². The second kappa shape index (κ2) is 12.4. The van der Waals surface area contributed by atoms with Gasteiger partial charge in [0.15, 0.2) is 5.60 Å². The first-order valence-corrected chi connectivity index (χ1v) is 21.5. The van der Waals surface area contributed by atoms with Gasteiger partial charge in [-0.05, 0) is 83.3 Å². The molecule has 3 aromatic carbocycles. The lowest BCUT2D eigenvalue weighted by molar-refractivity contribution is -0.172. The molecule has 2 N–H and O–H groups in total. The minimum absolute atomic E-state index is 0.0507. The van der Waals surface area contributed by atoms with Crippen molar-refractivity contribution in [2.24, 2.45) is 0 Å². The lowest BCUT2D eigenvalue weighted by atomic mass is 9.81. The van der Waals surface area contributed by atoms with Gasteiger partial charge in [-0.25, -0.2) is 9.78 Å². The fraction of sp³-hybridized carbons (Fsp3) is 0.364. The number of fused-ring (bicyclic) bond motifs is 5. The number of amides is 1. The molecule has 2 aliphatic carbocycles. The highest BCUT2D eigenvalue weighted by molar-refractivity contribution is 6.99. The Morgan fingerprint density at radius 1 is 1.04 bits per heavy atom. The Kier molecular flexibility index (Phi) is 8.16. The van der Waals surface area contributed by atoms with E-state index in [0.717, 1.165) is 38.0 Å². The fourth-order valence-corrected chi connectivity index (χ4v) is 14.5. The van der Waals surface area contributed by atoms with E-state index in [2.05, 4.69) is 50.4 Å². The van der Waals surface area contributed by atoms with Crippen LogP contribution in [0.25, 0.3) is 22.3 Å². The van der Waals surface area contributed by atoms with Gasteiger partial charge < -0.3 is 24.2 Å². The number of aryl methyl sites for hydroxylation is 1. The number of cyclic esters (lactones) is 1. The largest absolute Gasteiger partial charge is 0.458 e. The number of carbonyl (C=O) groups is 2.